The molecular formula is C27H30F3N5O4. The molecule has 1 aromatic heterocycles. The van der Waals surface area contributed by atoms with Gasteiger partial charge in [-0.15, -0.1) is 0 Å². The Kier molecular flexibility index (Phi) is 7.53. The first-order valence-electron chi connectivity index (χ1n) is 13.0. The molecule has 5 rings (SSSR count). The molecule has 2 aromatic rings. The highest BCUT2D eigenvalue weighted by molar-refractivity contribution is 5.96. The van der Waals surface area contributed by atoms with Crippen molar-refractivity contribution in [1.29, 1.82) is 0 Å². The van der Waals surface area contributed by atoms with E-state index in [9.17, 15) is 22.8 Å². The fourth-order valence-corrected chi connectivity index (χ4v) is 5.12. The number of aromatic nitrogens is 1. The molecule has 0 aliphatic carbocycles. The van der Waals surface area contributed by atoms with Crippen LogP contribution in [0.5, 0.6) is 11.5 Å². The maximum atomic E-state index is 13.2. The number of ether oxygens (including phenoxy) is 2. The highest BCUT2D eigenvalue weighted by atomic mass is 19.4. The van der Waals surface area contributed by atoms with Gasteiger partial charge < -0.3 is 29.9 Å². The Labute approximate surface area is 224 Å². The average molecular weight is 546 g/mol. The Hall–Kier alpha value is -3.96. The fourth-order valence-electron chi connectivity index (χ4n) is 5.12. The predicted molar refractivity (Wildman–Crippen MR) is 138 cm³/mol. The summed E-state index contributed by atoms with van der Waals surface area (Å²) < 4.78 is 51.4. The number of amides is 2. The van der Waals surface area contributed by atoms with Crippen molar-refractivity contribution >= 4 is 23.2 Å². The van der Waals surface area contributed by atoms with Gasteiger partial charge in [0.25, 0.3) is 5.91 Å². The minimum absolute atomic E-state index is 0.0807. The Morgan fingerprint density at radius 2 is 2.03 bits per heavy atom. The number of alkyl halides is 3. The molecular weight excluding hydrogens is 515 g/mol. The van der Waals surface area contributed by atoms with E-state index < -0.39 is 24.1 Å². The summed E-state index contributed by atoms with van der Waals surface area (Å²) >= 11 is 0. The van der Waals surface area contributed by atoms with Crippen LogP contribution < -0.4 is 25.0 Å². The number of carbonyl (C=O) groups excluding carboxylic acids is 2. The maximum Gasteiger partial charge on any atom is 0.433 e. The summed E-state index contributed by atoms with van der Waals surface area (Å²) in [5.41, 5.74) is 0.0567. The molecule has 0 radical (unpaired) electrons. The number of rotatable bonds is 5. The van der Waals surface area contributed by atoms with E-state index in [0.29, 0.717) is 49.2 Å². The summed E-state index contributed by atoms with van der Waals surface area (Å²) in [6.45, 7) is 3.72. The molecule has 4 heterocycles. The quantitative estimate of drug-likeness (QED) is 0.545. The van der Waals surface area contributed by atoms with Crippen LogP contribution in [-0.4, -0.2) is 60.3 Å². The van der Waals surface area contributed by atoms with Crippen molar-refractivity contribution in [2.24, 2.45) is 0 Å². The zero-order valence-corrected chi connectivity index (χ0v) is 21.5. The summed E-state index contributed by atoms with van der Waals surface area (Å²) in [6, 6.07) is 5.35. The second-order valence-electron chi connectivity index (χ2n) is 9.59. The van der Waals surface area contributed by atoms with Crippen molar-refractivity contribution in [1.82, 2.24) is 15.2 Å². The molecule has 2 N–H and O–H groups in total. The van der Waals surface area contributed by atoms with Crippen LogP contribution in [0, 0.1) is 0 Å². The van der Waals surface area contributed by atoms with Crippen LogP contribution in [0.2, 0.25) is 0 Å². The highest BCUT2D eigenvalue weighted by Crippen LogP contribution is 2.49. The lowest BCUT2D eigenvalue weighted by Crippen LogP contribution is -2.56. The molecule has 2 amide bonds. The molecule has 3 aliphatic rings. The number of pyridine rings is 1. The Morgan fingerprint density at radius 1 is 1.21 bits per heavy atom. The zero-order chi connectivity index (χ0) is 27.6. The first-order valence-corrected chi connectivity index (χ1v) is 13.0. The highest BCUT2D eigenvalue weighted by Gasteiger charge is 2.41. The van der Waals surface area contributed by atoms with Crippen LogP contribution in [0.4, 0.5) is 24.5 Å². The number of benzene rings is 1. The number of hydrogen-bond acceptors (Lipinski definition) is 7. The lowest BCUT2D eigenvalue weighted by Gasteiger charge is -2.37. The van der Waals surface area contributed by atoms with Gasteiger partial charge in [0, 0.05) is 24.8 Å². The van der Waals surface area contributed by atoms with Gasteiger partial charge in [-0.05, 0) is 56.0 Å². The molecule has 208 valence electrons. The normalized spacial score (nSPS) is 20.8. The number of hydrogen-bond donors (Lipinski definition) is 2. The van der Waals surface area contributed by atoms with Crippen molar-refractivity contribution in [2.45, 2.75) is 51.1 Å². The molecule has 1 saturated heterocycles. The monoisotopic (exact) mass is 545 g/mol. The third-order valence-corrected chi connectivity index (χ3v) is 6.94. The molecule has 12 heteroatoms. The van der Waals surface area contributed by atoms with Gasteiger partial charge in [-0.25, -0.2) is 0 Å². The fraction of sp³-hybridized carbons (Fsp3) is 0.444. The second-order valence-corrected chi connectivity index (χ2v) is 9.59. The van der Waals surface area contributed by atoms with E-state index in [0.717, 1.165) is 37.9 Å². The first kappa shape index (κ1) is 26.6. The Bertz CT molecular complexity index is 1270. The van der Waals surface area contributed by atoms with Gasteiger partial charge in [-0.2, -0.15) is 13.2 Å². The summed E-state index contributed by atoms with van der Waals surface area (Å²) in [5.74, 6) is 0.314. The van der Waals surface area contributed by atoms with E-state index in [1.807, 2.05) is 24.0 Å². The maximum absolute atomic E-state index is 13.2. The zero-order valence-electron chi connectivity index (χ0n) is 21.5. The lowest BCUT2D eigenvalue weighted by molar-refractivity contribution is -0.141. The van der Waals surface area contributed by atoms with Crippen LogP contribution in [-0.2, 0) is 11.0 Å². The van der Waals surface area contributed by atoms with Crippen molar-refractivity contribution in [2.75, 3.05) is 36.5 Å². The molecule has 0 spiro atoms. The number of halogens is 3. The van der Waals surface area contributed by atoms with E-state index in [1.165, 1.54) is 6.07 Å². The van der Waals surface area contributed by atoms with Crippen LogP contribution in [0.1, 0.15) is 48.7 Å². The number of nitrogens with zero attached hydrogens (tertiary/aromatic N) is 3. The van der Waals surface area contributed by atoms with Gasteiger partial charge >= 0.3 is 6.18 Å². The van der Waals surface area contributed by atoms with Crippen LogP contribution in [0.3, 0.4) is 0 Å². The molecule has 9 nitrogen and oxygen atoms in total. The Balaban J connectivity index is 1.48. The van der Waals surface area contributed by atoms with Crippen molar-refractivity contribution in [3.63, 3.8) is 0 Å². The third kappa shape index (κ3) is 5.59. The summed E-state index contributed by atoms with van der Waals surface area (Å²) in [6.07, 6.45) is 2.04. The molecule has 1 unspecified atom stereocenters. The van der Waals surface area contributed by atoms with E-state index in [1.54, 1.807) is 17.0 Å². The number of carbonyl (C=O) groups is 2. The molecule has 39 heavy (non-hydrogen) atoms. The molecule has 3 aliphatic heterocycles. The van der Waals surface area contributed by atoms with Gasteiger partial charge in [0.15, 0.2) is 17.8 Å². The minimum atomic E-state index is -4.68. The first-order chi connectivity index (χ1) is 18.8. The average Bonchev–Trinajstić information content (AvgIpc) is 3.11. The third-order valence-electron chi connectivity index (χ3n) is 6.94. The van der Waals surface area contributed by atoms with Crippen molar-refractivity contribution in [3.8, 4) is 11.5 Å². The predicted octanol–water partition coefficient (Wildman–Crippen LogP) is 4.16. The molecule has 1 fully saturated rings. The minimum Gasteiger partial charge on any atom is -0.486 e. The SMILES string of the molecule is CC/C=C/C(=O)N1CCCC[C@@H](N2c3c(ccc4c3OCCO4)NC2NC(=O)c2ccnc(C(F)(F)F)c2)C1. The summed E-state index contributed by atoms with van der Waals surface area (Å²) in [4.78, 5) is 33.2. The van der Waals surface area contributed by atoms with Crippen LogP contribution >= 0.6 is 0 Å². The van der Waals surface area contributed by atoms with E-state index in [2.05, 4.69) is 15.6 Å². The van der Waals surface area contributed by atoms with Gasteiger partial charge in [-0.3, -0.25) is 14.6 Å². The Morgan fingerprint density at radius 3 is 2.82 bits per heavy atom. The van der Waals surface area contributed by atoms with Gasteiger partial charge in [0.2, 0.25) is 5.91 Å². The van der Waals surface area contributed by atoms with Crippen LogP contribution in [0.25, 0.3) is 0 Å². The summed E-state index contributed by atoms with van der Waals surface area (Å²) in [5, 5.41) is 6.12. The molecule has 0 saturated carbocycles. The molecule has 1 aromatic carbocycles. The van der Waals surface area contributed by atoms with Crippen molar-refractivity contribution in [3.05, 3.63) is 53.9 Å². The number of fused-ring (bicyclic) bond motifs is 3. The molecule has 0 bridgehead atoms. The van der Waals surface area contributed by atoms with Gasteiger partial charge in [0.05, 0.1) is 11.7 Å². The number of nitrogens with one attached hydrogen (secondary N) is 2. The largest absolute Gasteiger partial charge is 0.486 e. The smallest absolute Gasteiger partial charge is 0.433 e. The van der Waals surface area contributed by atoms with E-state index in [-0.39, 0.29) is 17.5 Å². The lowest BCUT2D eigenvalue weighted by atomic mass is 10.1. The summed E-state index contributed by atoms with van der Waals surface area (Å²) in [7, 11) is 0. The van der Waals surface area contributed by atoms with Gasteiger partial charge in [-0.1, -0.05) is 13.0 Å². The number of anilines is 2. The standard InChI is InChI=1S/C27H30F3N5O4/c1-2-3-7-22(36)34-12-5-4-6-18(16-34)35-23-19(8-9-20-24(23)39-14-13-38-20)32-26(35)33-25(37)17-10-11-31-21(15-17)27(28,29)30/h3,7-11,15,18,26,32H,2,4-6,12-14,16H2,1H3,(H,33,37)/b7-3+/t18-,26?/m1/s1. The van der Waals surface area contributed by atoms with Crippen molar-refractivity contribution < 1.29 is 32.2 Å². The van der Waals surface area contributed by atoms with Gasteiger partial charge in [0.1, 0.15) is 24.6 Å². The molecule has 2 atom stereocenters. The second kappa shape index (κ2) is 11.0. The van der Waals surface area contributed by atoms with E-state index >= 15 is 0 Å². The van der Waals surface area contributed by atoms with E-state index in [4.69, 9.17) is 9.47 Å². The van der Waals surface area contributed by atoms with Crippen LogP contribution in [0.15, 0.2) is 42.6 Å². The topological polar surface area (TPSA) is 96.0 Å². The number of allylic oxidation sites excluding steroid dienone is 1. The number of likely N-dealkylation sites (tertiary alicyclic amines) is 1.